The summed E-state index contributed by atoms with van der Waals surface area (Å²) in [6.07, 6.45) is 3.70. The topological polar surface area (TPSA) is 91.6 Å². The number of sulfonamides is 1. The number of pyridine rings is 1. The molecule has 2 fully saturated rings. The van der Waals surface area contributed by atoms with Gasteiger partial charge in [-0.2, -0.15) is 4.31 Å². The number of rotatable bonds is 3. The summed E-state index contributed by atoms with van der Waals surface area (Å²) in [6, 6.07) is 3.35. The zero-order chi connectivity index (χ0) is 14.2. The van der Waals surface area contributed by atoms with E-state index in [1.807, 2.05) is 0 Å². The molecule has 0 saturated carbocycles. The van der Waals surface area contributed by atoms with Gasteiger partial charge in [-0.3, -0.25) is 4.90 Å². The Morgan fingerprint density at radius 2 is 2.20 bits per heavy atom. The number of nitrogen functional groups attached to an aromatic ring is 1. The van der Waals surface area contributed by atoms with Gasteiger partial charge in [-0.05, 0) is 25.5 Å². The molecule has 0 bridgehead atoms. The van der Waals surface area contributed by atoms with Gasteiger partial charge >= 0.3 is 0 Å². The third-order valence-electron chi connectivity index (χ3n) is 4.07. The number of piperazine rings is 1. The monoisotopic (exact) mass is 297 g/mol. The van der Waals surface area contributed by atoms with Crippen molar-refractivity contribution >= 4 is 15.8 Å². The van der Waals surface area contributed by atoms with Crippen LogP contribution in [0.2, 0.25) is 0 Å². The van der Waals surface area contributed by atoms with E-state index in [9.17, 15) is 8.42 Å². The number of anilines is 1. The number of hydrogen-bond donors (Lipinski definition) is 2. The average Bonchev–Trinajstić information content (AvgIpc) is 2.94. The second-order valence-electron chi connectivity index (χ2n) is 5.22. The first kappa shape index (κ1) is 13.7. The number of nitrogens with two attached hydrogens (primary N) is 1. The molecule has 2 saturated heterocycles. The molecule has 7 nitrogen and oxygen atoms in total. The van der Waals surface area contributed by atoms with Crippen molar-refractivity contribution < 1.29 is 8.42 Å². The number of hydrogen-bond acceptors (Lipinski definition) is 6. The maximum absolute atomic E-state index is 12.7. The number of nitrogens with one attached hydrogen (secondary N) is 1. The third kappa shape index (κ3) is 2.39. The molecule has 1 aromatic heterocycles. The molecule has 0 aromatic carbocycles. The fourth-order valence-corrected chi connectivity index (χ4v) is 4.46. The molecular weight excluding hydrogens is 278 g/mol. The Morgan fingerprint density at radius 3 is 3.00 bits per heavy atom. The summed E-state index contributed by atoms with van der Waals surface area (Å²) in [5, 5.41) is 0. The Morgan fingerprint density at radius 1 is 1.35 bits per heavy atom. The molecule has 2 aliphatic rings. The van der Waals surface area contributed by atoms with Crippen molar-refractivity contribution in [1.29, 1.82) is 0 Å². The lowest BCUT2D eigenvalue weighted by Crippen LogP contribution is -2.51. The van der Waals surface area contributed by atoms with Gasteiger partial charge in [-0.25, -0.2) is 19.2 Å². The van der Waals surface area contributed by atoms with Gasteiger partial charge in [-0.1, -0.05) is 0 Å². The van der Waals surface area contributed by atoms with Crippen molar-refractivity contribution in [3.63, 3.8) is 0 Å². The Kier molecular flexibility index (Phi) is 3.63. The summed E-state index contributed by atoms with van der Waals surface area (Å²) < 4.78 is 26.9. The first-order valence-electron chi connectivity index (χ1n) is 6.78. The van der Waals surface area contributed by atoms with Gasteiger partial charge in [0.1, 0.15) is 5.82 Å². The van der Waals surface area contributed by atoms with Gasteiger partial charge in [-0.15, -0.1) is 0 Å². The predicted molar refractivity (Wildman–Crippen MR) is 75.4 cm³/mol. The molecule has 0 spiro atoms. The summed E-state index contributed by atoms with van der Waals surface area (Å²) in [5.74, 6) is 5.64. The van der Waals surface area contributed by atoms with Crippen molar-refractivity contribution in [2.45, 2.75) is 23.8 Å². The average molecular weight is 297 g/mol. The molecule has 8 heteroatoms. The van der Waals surface area contributed by atoms with Gasteiger partial charge in [0.15, 0.2) is 0 Å². The molecule has 0 radical (unpaired) electrons. The van der Waals surface area contributed by atoms with E-state index >= 15 is 0 Å². The second kappa shape index (κ2) is 5.28. The zero-order valence-corrected chi connectivity index (χ0v) is 12.0. The fraction of sp³-hybridized carbons (Fsp3) is 0.583. The molecule has 20 heavy (non-hydrogen) atoms. The van der Waals surface area contributed by atoms with Crippen LogP contribution in [-0.2, 0) is 10.0 Å². The van der Waals surface area contributed by atoms with Crippen LogP contribution in [0.25, 0.3) is 0 Å². The smallest absolute Gasteiger partial charge is 0.243 e. The quantitative estimate of drug-likeness (QED) is 0.595. The maximum atomic E-state index is 12.7. The number of hydrazine groups is 1. The highest BCUT2D eigenvalue weighted by Crippen LogP contribution is 2.26. The number of aromatic nitrogens is 1. The predicted octanol–water partition coefficient (Wildman–Crippen LogP) is -0.164. The first-order chi connectivity index (χ1) is 9.61. The lowest BCUT2D eigenvalue weighted by molar-refractivity contribution is 0.158. The van der Waals surface area contributed by atoms with Crippen LogP contribution in [0.4, 0.5) is 5.82 Å². The van der Waals surface area contributed by atoms with Crippen molar-refractivity contribution in [2.75, 3.05) is 31.6 Å². The lowest BCUT2D eigenvalue weighted by atomic mass is 10.2. The third-order valence-corrected chi connectivity index (χ3v) is 5.93. The van der Waals surface area contributed by atoms with Crippen LogP contribution >= 0.6 is 0 Å². The summed E-state index contributed by atoms with van der Waals surface area (Å²) in [7, 11) is -3.46. The summed E-state index contributed by atoms with van der Waals surface area (Å²) in [4.78, 5) is 6.57. The normalized spacial score (nSPS) is 24.6. The molecule has 0 amide bonds. The van der Waals surface area contributed by atoms with Crippen LogP contribution in [0.5, 0.6) is 0 Å². The fourth-order valence-electron chi connectivity index (χ4n) is 2.98. The minimum atomic E-state index is -3.46. The maximum Gasteiger partial charge on any atom is 0.243 e. The molecule has 1 atom stereocenters. The van der Waals surface area contributed by atoms with E-state index in [0.717, 1.165) is 25.9 Å². The molecule has 2 aliphatic heterocycles. The zero-order valence-electron chi connectivity index (χ0n) is 11.2. The van der Waals surface area contributed by atoms with E-state index in [1.165, 1.54) is 18.3 Å². The van der Waals surface area contributed by atoms with E-state index in [1.54, 1.807) is 4.31 Å². The molecule has 1 aromatic rings. The van der Waals surface area contributed by atoms with Gasteiger partial charge in [0.25, 0.3) is 0 Å². The van der Waals surface area contributed by atoms with Crippen molar-refractivity contribution in [2.24, 2.45) is 5.84 Å². The van der Waals surface area contributed by atoms with E-state index in [0.29, 0.717) is 24.9 Å². The highest BCUT2D eigenvalue weighted by atomic mass is 32.2. The number of nitrogens with zero attached hydrogens (tertiary/aromatic N) is 3. The molecule has 3 heterocycles. The van der Waals surface area contributed by atoms with Crippen LogP contribution in [-0.4, -0.2) is 54.8 Å². The Labute approximate surface area is 118 Å². The van der Waals surface area contributed by atoms with E-state index in [2.05, 4.69) is 15.3 Å². The van der Waals surface area contributed by atoms with Gasteiger partial charge in [0.05, 0.1) is 4.90 Å². The second-order valence-corrected chi connectivity index (χ2v) is 7.15. The first-order valence-corrected chi connectivity index (χ1v) is 8.22. The molecular formula is C12H19N5O2S. The Balaban J connectivity index is 1.84. The van der Waals surface area contributed by atoms with Crippen molar-refractivity contribution in [1.82, 2.24) is 14.2 Å². The minimum Gasteiger partial charge on any atom is -0.308 e. The highest BCUT2D eigenvalue weighted by molar-refractivity contribution is 7.89. The Bertz CT molecular complexity index is 591. The van der Waals surface area contributed by atoms with Crippen LogP contribution in [0.1, 0.15) is 12.8 Å². The molecule has 0 aliphatic carbocycles. The van der Waals surface area contributed by atoms with E-state index in [-0.39, 0.29) is 4.90 Å². The molecule has 3 rings (SSSR count). The van der Waals surface area contributed by atoms with Gasteiger partial charge in [0, 0.05) is 37.9 Å². The molecule has 1 unspecified atom stereocenters. The summed E-state index contributed by atoms with van der Waals surface area (Å²) >= 11 is 0. The van der Waals surface area contributed by atoms with E-state index < -0.39 is 10.0 Å². The van der Waals surface area contributed by atoms with Crippen LogP contribution < -0.4 is 11.3 Å². The summed E-state index contributed by atoms with van der Waals surface area (Å²) in [5.41, 5.74) is 2.38. The van der Waals surface area contributed by atoms with Crippen LogP contribution in [0, 0.1) is 0 Å². The van der Waals surface area contributed by atoms with Crippen molar-refractivity contribution in [3.8, 4) is 0 Å². The SMILES string of the molecule is NNc1cc(S(=O)(=O)N2CCN3CCCC3C2)ccn1. The summed E-state index contributed by atoms with van der Waals surface area (Å²) in [6.45, 7) is 3.04. The van der Waals surface area contributed by atoms with Gasteiger partial charge < -0.3 is 5.43 Å². The molecule has 3 N–H and O–H groups in total. The number of fused-ring (bicyclic) bond motifs is 1. The standard InChI is InChI=1S/C12H19N5O2S/c13-15-12-8-11(3-4-14-12)20(18,19)17-7-6-16-5-1-2-10(16)9-17/h3-4,8,10H,1-2,5-7,9,13H2,(H,14,15). The molecule has 110 valence electrons. The van der Waals surface area contributed by atoms with Crippen LogP contribution in [0.3, 0.4) is 0 Å². The largest absolute Gasteiger partial charge is 0.308 e. The highest BCUT2D eigenvalue weighted by Gasteiger charge is 2.36. The van der Waals surface area contributed by atoms with Gasteiger partial charge in [0.2, 0.25) is 10.0 Å². The minimum absolute atomic E-state index is 0.242. The van der Waals surface area contributed by atoms with Crippen LogP contribution in [0.15, 0.2) is 23.2 Å². The van der Waals surface area contributed by atoms with Crippen molar-refractivity contribution in [3.05, 3.63) is 18.3 Å². The van der Waals surface area contributed by atoms with E-state index in [4.69, 9.17) is 5.84 Å². The lowest BCUT2D eigenvalue weighted by Gasteiger charge is -2.36. The Hall–Kier alpha value is -1.22.